The molecule has 0 radical (unpaired) electrons. The third-order valence-electron chi connectivity index (χ3n) is 6.08. The van der Waals surface area contributed by atoms with Crippen LogP contribution in [0.1, 0.15) is 57.9 Å². The second-order valence-electron chi connectivity index (χ2n) is 8.95. The van der Waals surface area contributed by atoms with E-state index >= 15 is 0 Å². The summed E-state index contributed by atoms with van der Waals surface area (Å²) >= 11 is 13.5. The van der Waals surface area contributed by atoms with Crippen LogP contribution < -0.4 is 4.74 Å². The lowest BCUT2D eigenvalue weighted by molar-refractivity contribution is -0.122. The fourth-order valence-electron chi connectivity index (χ4n) is 4.11. The molecule has 2 heterocycles. The van der Waals surface area contributed by atoms with Crippen LogP contribution in [0.5, 0.6) is 5.75 Å². The van der Waals surface area contributed by atoms with Crippen molar-refractivity contribution >= 4 is 51.9 Å². The van der Waals surface area contributed by atoms with E-state index in [9.17, 15) is 4.79 Å². The Bertz CT molecular complexity index is 1270. The van der Waals surface area contributed by atoms with E-state index in [4.69, 9.17) is 33.7 Å². The molecule has 1 aromatic heterocycles. The first-order valence-corrected chi connectivity index (χ1v) is 14.4. The molecular formula is C29H32ClN3O2S2. The van der Waals surface area contributed by atoms with Gasteiger partial charge >= 0.3 is 0 Å². The van der Waals surface area contributed by atoms with Crippen LogP contribution in [0.3, 0.4) is 0 Å². The largest absolute Gasteiger partial charge is 0.492 e. The number of thiocarbonyl (C=S) groups is 1. The molecule has 1 amide bonds. The molecule has 1 fully saturated rings. The third-order valence-corrected chi connectivity index (χ3v) is 7.75. The fraction of sp³-hybridized carbons (Fsp3) is 0.345. The van der Waals surface area contributed by atoms with Gasteiger partial charge in [0, 0.05) is 23.9 Å². The molecule has 194 valence electrons. The van der Waals surface area contributed by atoms with E-state index < -0.39 is 0 Å². The summed E-state index contributed by atoms with van der Waals surface area (Å²) in [5.74, 6) is 0.612. The number of ether oxygens (including phenoxy) is 1. The summed E-state index contributed by atoms with van der Waals surface area (Å²) in [6.45, 7) is 5.52. The number of nitrogens with zero attached hydrogens (tertiary/aromatic N) is 3. The van der Waals surface area contributed by atoms with Crippen molar-refractivity contribution in [1.82, 2.24) is 14.7 Å². The molecular weight excluding hydrogens is 522 g/mol. The van der Waals surface area contributed by atoms with Crippen LogP contribution in [0.25, 0.3) is 23.0 Å². The number of thioether (sulfide) groups is 1. The zero-order chi connectivity index (χ0) is 26.2. The van der Waals surface area contributed by atoms with Crippen LogP contribution in [0.15, 0.2) is 59.6 Å². The summed E-state index contributed by atoms with van der Waals surface area (Å²) in [4.78, 5) is 15.6. The molecule has 2 aromatic carbocycles. The summed E-state index contributed by atoms with van der Waals surface area (Å²) in [6, 6.07) is 15.6. The zero-order valence-corrected chi connectivity index (χ0v) is 23.7. The van der Waals surface area contributed by atoms with Crippen molar-refractivity contribution in [3.05, 3.63) is 70.2 Å². The predicted molar refractivity (Wildman–Crippen MR) is 158 cm³/mol. The molecule has 0 aliphatic carbocycles. The molecule has 0 bridgehead atoms. The molecule has 1 aliphatic rings. The molecule has 1 saturated heterocycles. The summed E-state index contributed by atoms with van der Waals surface area (Å²) in [6.07, 6.45) is 10.4. The van der Waals surface area contributed by atoms with E-state index in [0.29, 0.717) is 33.1 Å². The van der Waals surface area contributed by atoms with Gasteiger partial charge in [-0.2, -0.15) is 5.10 Å². The van der Waals surface area contributed by atoms with Gasteiger partial charge in [-0.1, -0.05) is 93.3 Å². The van der Waals surface area contributed by atoms with E-state index in [2.05, 4.69) is 13.8 Å². The standard InChI is InChI=1S/C29H32ClN3O2S2/c1-3-5-6-7-11-16-32-28(34)26(37-29(32)36)19-22-20-33(23-12-9-8-10-13-23)31-27(22)21-14-15-25(24(30)18-21)35-17-4-2/h8-10,12-15,18-20H,3-7,11,16-17H2,1-2H3/b26-19+. The van der Waals surface area contributed by atoms with Crippen molar-refractivity contribution in [3.63, 3.8) is 0 Å². The van der Waals surface area contributed by atoms with Gasteiger partial charge < -0.3 is 4.74 Å². The van der Waals surface area contributed by atoms with Gasteiger partial charge in [0.25, 0.3) is 5.91 Å². The Kier molecular flexibility index (Phi) is 9.83. The van der Waals surface area contributed by atoms with Gasteiger partial charge in [0.1, 0.15) is 15.8 Å². The number of unbranched alkanes of at least 4 members (excludes halogenated alkanes) is 4. The summed E-state index contributed by atoms with van der Waals surface area (Å²) in [5, 5.41) is 5.40. The number of benzene rings is 2. The van der Waals surface area contributed by atoms with Crippen molar-refractivity contribution in [2.75, 3.05) is 13.2 Å². The summed E-state index contributed by atoms with van der Waals surface area (Å²) < 4.78 is 8.18. The number of hydrogen-bond donors (Lipinski definition) is 0. The van der Waals surface area contributed by atoms with E-state index in [1.807, 2.05) is 65.5 Å². The monoisotopic (exact) mass is 553 g/mol. The molecule has 0 spiro atoms. The first-order chi connectivity index (χ1) is 18.0. The molecule has 4 rings (SSSR count). The number of carbonyl (C=O) groups is 1. The average Bonchev–Trinajstić information content (AvgIpc) is 3.44. The topological polar surface area (TPSA) is 47.4 Å². The van der Waals surface area contributed by atoms with E-state index in [1.165, 1.54) is 31.0 Å². The Morgan fingerprint density at radius 1 is 1.05 bits per heavy atom. The first kappa shape index (κ1) is 27.4. The highest BCUT2D eigenvalue weighted by molar-refractivity contribution is 8.26. The highest BCUT2D eigenvalue weighted by atomic mass is 35.5. The Morgan fingerprint density at radius 2 is 1.84 bits per heavy atom. The van der Waals surface area contributed by atoms with E-state index in [1.54, 1.807) is 4.90 Å². The van der Waals surface area contributed by atoms with Gasteiger partial charge in [0.15, 0.2) is 0 Å². The molecule has 0 unspecified atom stereocenters. The Labute approximate surface area is 233 Å². The minimum Gasteiger partial charge on any atom is -0.492 e. The number of hydrogen-bond acceptors (Lipinski definition) is 5. The van der Waals surface area contributed by atoms with Crippen LogP contribution >= 0.6 is 35.6 Å². The maximum Gasteiger partial charge on any atom is 0.266 e. The third kappa shape index (κ3) is 6.83. The average molecular weight is 554 g/mol. The number of carbonyl (C=O) groups excluding carboxylic acids is 1. The SMILES string of the molecule is CCCCCCCN1C(=O)/C(=C\c2cn(-c3ccccc3)nc2-c2ccc(OCCC)c(Cl)c2)SC1=S. The van der Waals surface area contributed by atoms with Crippen LogP contribution in [0.2, 0.25) is 5.02 Å². The smallest absolute Gasteiger partial charge is 0.266 e. The maximum absolute atomic E-state index is 13.2. The molecule has 3 aromatic rings. The van der Waals surface area contributed by atoms with Gasteiger partial charge in [0.05, 0.1) is 22.2 Å². The minimum atomic E-state index is -0.0368. The van der Waals surface area contributed by atoms with Gasteiger partial charge in [-0.3, -0.25) is 9.69 Å². The Balaban J connectivity index is 1.64. The highest BCUT2D eigenvalue weighted by Gasteiger charge is 2.32. The number of amides is 1. The van der Waals surface area contributed by atoms with Gasteiger partial charge in [-0.15, -0.1) is 0 Å². The van der Waals surface area contributed by atoms with Crippen LogP contribution in [-0.4, -0.2) is 38.1 Å². The van der Waals surface area contributed by atoms with Crippen molar-refractivity contribution in [3.8, 4) is 22.7 Å². The molecule has 5 nitrogen and oxygen atoms in total. The normalized spacial score (nSPS) is 14.7. The van der Waals surface area contributed by atoms with Gasteiger partial charge in [-0.25, -0.2) is 4.68 Å². The van der Waals surface area contributed by atoms with Gasteiger partial charge in [0.2, 0.25) is 0 Å². The number of para-hydroxylation sites is 1. The van der Waals surface area contributed by atoms with Crippen molar-refractivity contribution < 1.29 is 9.53 Å². The van der Waals surface area contributed by atoms with Crippen molar-refractivity contribution in [2.24, 2.45) is 0 Å². The lowest BCUT2D eigenvalue weighted by Crippen LogP contribution is -2.29. The van der Waals surface area contributed by atoms with Gasteiger partial charge in [-0.05, 0) is 49.2 Å². The highest BCUT2D eigenvalue weighted by Crippen LogP contribution is 2.36. The predicted octanol–water partition coefficient (Wildman–Crippen LogP) is 8.15. The quantitative estimate of drug-likeness (QED) is 0.129. The summed E-state index contributed by atoms with van der Waals surface area (Å²) in [7, 11) is 0. The minimum absolute atomic E-state index is 0.0368. The number of halogens is 1. The first-order valence-electron chi connectivity index (χ1n) is 12.8. The van der Waals surface area contributed by atoms with Crippen LogP contribution in [0.4, 0.5) is 0 Å². The number of rotatable bonds is 12. The lowest BCUT2D eigenvalue weighted by Gasteiger charge is -2.13. The zero-order valence-electron chi connectivity index (χ0n) is 21.3. The molecule has 0 N–H and O–H groups in total. The number of aromatic nitrogens is 2. The van der Waals surface area contributed by atoms with Crippen LogP contribution in [0, 0.1) is 0 Å². The Morgan fingerprint density at radius 3 is 2.57 bits per heavy atom. The van der Waals surface area contributed by atoms with E-state index in [0.717, 1.165) is 41.8 Å². The van der Waals surface area contributed by atoms with E-state index in [-0.39, 0.29) is 5.91 Å². The molecule has 0 atom stereocenters. The molecule has 0 saturated carbocycles. The lowest BCUT2D eigenvalue weighted by atomic mass is 10.1. The second-order valence-corrected chi connectivity index (χ2v) is 11.0. The summed E-state index contributed by atoms with van der Waals surface area (Å²) in [5.41, 5.74) is 3.33. The van der Waals surface area contributed by atoms with Crippen molar-refractivity contribution in [2.45, 2.75) is 52.4 Å². The molecule has 37 heavy (non-hydrogen) atoms. The fourth-order valence-corrected chi connectivity index (χ4v) is 5.65. The van der Waals surface area contributed by atoms with Crippen LogP contribution in [-0.2, 0) is 4.79 Å². The second kappa shape index (κ2) is 13.3. The Hall–Kier alpha value is -2.61. The molecule has 8 heteroatoms. The molecule has 1 aliphatic heterocycles. The van der Waals surface area contributed by atoms with Crippen molar-refractivity contribution in [1.29, 1.82) is 0 Å². The maximum atomic E-state index is 13.2.